The highest BCUT2D eigenvalue weighted by Gasteiger charge is 2.11. The van der Waals surface area contributed by atoms with Crippen LogP contribution < -0.4 is 9.47 Å². The molecule has 3 heteroatoms. The number of hydrogen-bond acceptors (Lipinski definition) is 3. The molecule has 0 unspecified atom stereocenters. The summed E-state index contributed by atoms with van der Waals surface area (Å²) in [6.07, 6.45) is 0.373. The number of carbonyl (C=O) groups excluding carboxylic acids is 1. The lowest BCUT2D eigenvalue weighted by Gasteiger charge is -2.08. The third-order valence-electron chi connectivity index (χ3n) is 3.12. The molecule has 0 N–H and O–H groups in total. The fourth-order valence-electron chi connectivity index (χ4n) is 2.08. The minimum absolute atomic E-state index is 0.0489. The van der Waals surface area contributed by atoms with Gasteiger partial charge in [-0.1, -0.05) is 29.8 Å². The van der Waals surface area contributed by atoms with Crippen LogP contribution in [0.2, 0.25) is 0 Å². The highest BCUT2D eigenvalue weighted by atomic mass is 16.5. The van der Waals surface area contributed by atoms with E-state index in [1.54, 1.807) is 32.4 Å². The van der Waals surface area contributed by atoms with Crippen LogP contribution in [0.5, 0.6) is 11.5 Å². The van der Waals surface area contributed by atoms with Gasteiger partial charge in [0.1, 0.15) is 11.5 Å². The van der Waals surface area contributed by atoms with Gasteiger partial charge in [0.05, 0.1) is 14.2 Å². The third-order valence-corrected chi connectivity index (χ3v) is 3.12. The summed E-state index contributed by atoms with van der Waals surface area (Å²) >= 11 is 0. The van der Waals surface area contributed by atoms with E-state index in [-0.39, 0.29) is 5.78 Å². The Morgan fingerprint density at radius 1 is 1.00 bits per heavy atom. The molecule has 0 amide bonds. The lowest BCUT2D eigenvalue weighted by Crippen LogP contribution is -2.04. The number of Topliss-reactive ketones (excluding diaryl/α,β-unsaturated/α-hetero) is 1. The number of benzene rings is 2. The van der Waals surface area contributed by atoms with Gasteiger partial charge in [-0.05, 0) is 24.6 Å². The van der Waals surface area contributed by atoms with Crippen LogP contribution in [0.15, 0.2) is 42.5 Å². The number of ether oxygens (including phenoxy) is 2. The van der Waals surface area contributed by atoms with Crippen LogP contribution in [0.4, 0.5) is 0 Å². The van der Waals surface area contributed by atoms with Gasteiger partial charge in [-0.2, -0.15) is 0 Å². The van der Waals surface area contributed by atoms with Gasteiger partial charge in [0.25, 0.3) is 0 Å². The zero-order chi connectivity index (χ0) is 14.5. The molecule has 0 fully saturated rings. The van der Waals surface area contributed by atoms with Crippen LogP contribution >= 0.6 is 0 Å². The molecule has 20 heavy (non-hydrogen) atoms. The van der Waals surface area contributed by atoms with Gasteiger partial charge >= 0.3 is 0 Å². The van der Waals surface area contributed by atoms with Crippen LogP contribution in [-0.4, -0.2) is 20.0 Å². The summed E-state index contributed by atoms with van der Waals surface area (Å²) in [4.78, 5) is 12.4. The van der Waals surface area contributed by atoms with Crippen molar-refractivity contribution in [2.45, 2.75) is 13.3 Å². The highest BCUT2D eigenvalue weighted by molar-refractivity contribution is 5.98. The van der Waals surface area contributed by atoms with E-state index in [2.05, 4.69) is 0 Å². The summed E-state index contributed by atoms with van der Waals surface area (Å²) in [5.74, 6) is 1.29. The Hall–Kier alpha value is -2.29. The number of hydrogen-bond donors (Lipinski definition) is 0. The second-order valence-electron chi connectivity index (χ2n) is 4.69. The van der Waals surface area contributed by atoms with E-state index in [4.69, 9.17) is 9.47 Å². The topological polar surface area (TPSA) is 35.5 Å². The average molecular weight is 270 g/mol. The van der Waals surface area contributed by atoms with Crippen molar-refractivity contribution in [1.82, 2.24) is 0 Å². The van der Waals surface area contributed by atoms with Crippen LogP contribution in [0.3, 0.4) is 0 Å². The van der Waals surface area contributed by atoms with Gasteiger partial charge in [-0.3, -0.25) is 4.79 Å². The number of aryl methyl sites for hydroxylation is 1. The number of rotatable bonds is 5. The van der Waals surface area contributed by atoms with Crippen molar-refractivity contribution in [2.24, 2.45) is 0 Å². The van der Waals surface area contributed by atoms with Crippen LogP contribution in [0.1, 0.15) is 21.5 Å². The molecule has 0 heterocycles. The molecule has 0 bridgehead atoms. The maximum Gasteiger partial charge on any atom is 0.167 e. The van der Waals surface area contributed by atoms with Crippen molar-refractivity contribution >= 4 is 5.78 Å². The van der Waals surface area contributed by atoms with Gasteiger partial charge in [0.2, 0.25) is 0 Å². The molecule has 0 aliphatic carbocycles. The predicted molar refractivity (Wildman–Crippen MR) is 78.8 cm³/mol. The van der Waals surface area contributed by atoms with Crippen molar-refractivity contribution < 1.29 is 14.3 Å². The molecule has 2 aromatic carbocycles. The first-order valence-electron chi connectivity index (χ1n) is 6.44. The zero-order valence-electron chi connectivity index (χ0n) is 12.0. The quantitative estimate of drug-likeness (QED) is 0.781. The first-order valence-corrected chi connectivity index (χ1v) is 6.44. The van der Waals surface area contributed by atoms with Crippen molar-refractivity contribution in [3.8, 4) is 11.5 Å². The molecule has 0 radical (unpaired) electrons. The standard InChI is InChI=1S/C17H18O3/c1-12-5-4-6-13(7-12)8-17(18)14-9-15(19-2)11-16(10-14)20-3/h4-7,9-11H,8H2,1-3H3. The molecule has 104 valence electrons. The minimum atomic E-state index is 0.0489. The van der Waals surface area contributed by atoms with E-state index in [1.807, 2.05) is 31.2 Å². The van der Waals surface area contributed by atoms with Gasteiger partial charge in [-0.25, -0.2) is 0 Å². The molecular weight excluding hydrogens is 252 g/mol. The summed E-state index contributed by atoms with van der Waals surface area (Å²) < 4.78 is 10.4. The van der Waals surface area contributed by atoms with Crippen molar-refractivity contribution in [3.63, 3.8) is 0 Å². The largest absolute Gasteiger partial charge is 0.497 e. The summed E-state index contributed by atoms with van der Waals surface area (Å²) in [5, 5.41) is 0. The molecule has 0 spiro atoms. The molecule has 2 rings (SSSR count). The van der Waals surface area contributed by atoms with Crippen LogP contribution in [0, 0.1) is 6.92 Å². The summed E-state index contributed by atoms with van der Waals surface area (Å²) in [7, 11) is 3.15. The Morgan fingerprint density at radius 3 is 2.20 bits per heavy atom. The Kier molecular flexibility index (Phi) is 4.41. The summed E-state index contributed by atoms with van der Waals surface area (Å²) in [6.45, 7) is 2.02. The molecule has 2 aromatic rings. The SMILES string of the molecule is COc1cc(OC)cc(C(=O)Cc2cccc(C)c2)c1. The van der Waals surface area contributed by atoms with Crippen LogP contribution in [0.25, 0.3) is 0 Å². The Labute approximate surface area is 119 Å². The lowest BCUT2D eigenvalue weighted by molar-refractivity contribution is 0.0992. The Bertz CT molecular complexity index is 595. The number of ketones is 1. The minimum Gasteiger partial charge on any atom is -0.497 e. The first-order chi connectivity index (χ1) is 9.62. The van der Waals surface area contributed by atoms with Gasteiger partial charge < -0.3 is 9.47 Å². The van der Waals surface area contributed by atoms with Gasteiger partial charge in [0, 0.05) is 18.1 Å². The van der Waals surface area contributed by atoms with Gasteiger partial charge in [-0.15, -0.1) is 0 Å². The Balaban J connectivity index is 2.24. The van der Waals surface area contributed by atoms with E-state index >= 15 is 0 Å². The highest BCUT2D eigenvalue weighted by Crippen LogP contribution is 2.23. The number of carbonyl (C=O) groups is 1. The lowest BCUT2D eigenvalue weighted by atomic mass is 10.0. The van der Waals surface area contributed by atoms with Crippen molar-refractivity contribution in [1.29, 1.82) is 0 Å². The zero-order valence-corrected chi connectivity index (χ0v) is 12.0. The van der Waals surface area contributed by atoms with E-state index in [9.17, 15) is 4.79 Å². The maximum atomic E-state index is 12.4. The third kappa shape index (κ3) is 3.38. The van der Waals surface area contributed by atoms with Gasteiger partial charge in [0.15, 0.2) is 5.78 Å². The molecule has 0 saturated heterocycles. The Morgan fingerprint density at radius 2 is 1.65 bits per heavy atom. The van der Waals surface area contributed by atoms with Crippen molar-refractivity contribution in [2.75, 3.05) is 14.2 Å². The maximum absolute atomic E-state index is 12.4. The van der Waals surface area contributed by atoms with Crippen LogP contribution in [-0.2, 0) is 6.42 Å². The fraction of sp³-hybridized carbons (Fsp3) is 0.235. The molecule has 0 atom stereocenters. The molecule has 3 nitrogen and oxygen atoms in total. The monoisotopic (exact) mass is 270 g/mol. The molecule has 0 aromatic heterocycles. The number of methoxy groups -OCH3 is 2. The fourth-order valence-corrected chi connectivity index (χ4v) is 2.08. The summed E-state index contributed by atoms with van der Waals surface area (Å²) in [5.41, 5.74) is 2.76. The second-order valence-corrected chi connectivity index (χ2v) is 4.69. The van der Waals surface area contributed by atoms with E-state index in [0.29, 0.717) is 23.5 Å². The summed E-state index contributed by atoms with van der Waals surface area (Å²) in [6, 6.07) is 13.2. The molecule has 0 saturated carbocycles. The first kappa shape index (κ1) is 14.1. The molecule has 0 aliphatic rings. The smallest absolute Gasteiger partial charge is 0.167 e. The molecular formula is C17H18O3. The average Bonchev–Trinajstić information content (AvgIpc) is 2.46. The van der Waals surface area contributed by atoms with Crippen molar-refractivity contribution in [3.05, 3.63) is 59.2 Å². The van der Waals surface area contributed by atoms with E-state index in [1.165, 1.54) is 0 Å². The predicted octanol–water partition coefficient (Wildman–Crippen LogP) is 3.44. The van der Waals surface area contributed by atoms with E-state index < -0.39 is 0 Å². The molecule has 0 aliphatic heterocycles. The normalized spacial score (nSPS) is 10.2. The van der Waals surface area contributed by atoms with E-state index in [0.717, 1.165) is 11.1 Å². The second kappa shape index (κ2) is 6.24.